The van der Waals surface area contributed by atoms with Gasteiger partial charge in [-0.15, -0.1) is 24.0 Å². The number of guanidine groups is 1. The van der Waals surface area contributed by atoms with E-state index in [2.05, 4.69) is 43.7 Å². The van der Waals surface area contributed by atoms with Crippen LogP contribution in [0.4, 0.5) is 0 Å². The number of aliphatic imine (C=N–C) groups is 1. The number of hydrogen-bond donors (Lipinski definition) is 2. The van der Waals surface area contributed by atoms with Crippen LogP contribution in [0.1, 0.15) is 24.8 Å². The van der Waals surface area contributed by atoms with Crippen molar-refractivity contribution in [2.45, 2.75) is 25.8 Å². The Kier molecular flexibility index (Phi) is 10.1. The van der Waals surface area contributed by atoms with E-state index >= 15 is 0 Å². The van der Waals surface area contributed by atoms with Crippen LogP contribution in [0.3, 0.4) is 0 Å². The van der Waals surface area contributed by atoms with Crippen molar-refractivity contribution in [1.29, 1.82) is 0 Å². The van der Waals surface area contributed by atoms with Gasteiger partial charge in [0.15, 0.2) is 5.96 Å². The van der Waals surface area contributed by atoms with Crippen molar-refractivity contribution in [3.8, 4) is 0 Å². The minimum Gasteiger partial charge on any atom is -0.381 e. The number of nitrogens with zero attached hydrogens (tertiary/aromatic N) is 1. The average molecular weight is 482 g/mol. The molecule has 1 aliphatic carbocycles. The lowest BCUT2D eigenvalue weighted by molar-refractivity contribution is 0.123. The van der Waals surface area contributed by atoms with Gasteiger partial charge in [-0.3, -0.25) is 4.99 Å². The Labute approximate surface area is 158 Å². The number of benzene rings is 1. The summed E-state index contributed by atoms with van der Waals surface area (Å²) in [4.78, 5) is 4.22. The number of halogens is 2. The van der Waals surface area contributed by atoms with Crippen LogP contribution in [0.25, 0.3) is 0 Å². The first kappa shape index (κ1) is 19.7. The van der Waals surface area contributed by atoms with Crippen LogP contribution in [-0.2, 0) is 11.3 Å². The molecular formula is C16H25BrIN3O. The third-order valence-corrected chi connectivity index (χ3v) is 3.87. The molecule has 2 rings (SSSR count). The minimum atomic E-state index is 0. The van der Waals surface area contributed by atoms with Gasteiger partial charge in [0.05, 0.1) is 0 Å². The summed E-state index contributed by atoms with van der Waals surface area (Å²) in [5.74, 6) is 1.68. The van der Waals surface area contributed by atoms with Gasteiger partial charge in [0, 0.05) is 37.8 Å². The molecular weight excluding hydrogens is 457 g/mol. The summed E-state index contributed by atoms with van der Waals surface area (Å²) in [6, 6.07) is 8.26. The summed E-state index contributed by atoms with van der Waals surface area (Å²) in [5.41, 5.74) is 1.22. The van der Waals surface area contributed by atoms with Crippen LogP contribution in [0.15, 0.2) is 33.7 Å². The lowest BCUT2D eigenvalue weighted by atomic mass is 10.2. The van der Waals surface area contributed by atoms with Crippen molar-refractivity contribution in [3.63, 3.8) is 0 Å². The van der Waals surface area contributed by atoms with E-state index < -0.39 is 0 Å². The lowest BCUT2D eigenvalue weighted by Crippen LogP contribution is -2.37. The summed E-state index contributed by atoms with van der Waals surface area (Å²) in [6.07, 6.45) is 3.71. The molecule has 0 spiro atoms. The number of ether oxygens (including phenoxy) is 1. The van der Waals surface area contributed by atoms with Crippen molar-refractivity contribution < 1.29 is 4.74 Å². The van der Waals surface area contributed by atoms with Gasteiger partial charge in [-0.2, -0.15) is 0 Å². The predicted molar refractivity (Wildman–Crippen MR) is 106 cm³/mol. The highest BCUT2D eigenvalue weighted by atomic mass is 127. The second kappa shape index (κ2) is 11.2. The predicted octanol–water partition coefficient (Wildman–Crippen LogP) is 3.55. The van der Waals surface area contributed by atoms with Crippen LogP contribution in [-0.4, -0.2) is 32.8 Å². The van der Waals surface area contributed by atoms with Crippen LogP contribution in [0, 0.1) is 5.92 Å². The fraction of sp³-hybridized carbons (Fsp3) is 0.562. The summed E-state index contributed by atoms with van der Waals surface area (Å²) in [5, 5.41) is 6.61. The fourth-order valence-electron chi connectivity index (χ4n) is 1.97. The largest absolute Gasteiger partial charge is 0.381 e. The first-order valence-electron chi connectivity index (χ1n) is 7.54. The molecule has 0 saturated heterocycles. The zero-order valence-electron chi connectivity index (χ0n) is 13.0. The van der Waals surface area contributed by atoms with Gasteiger partial charge in [0.1, 0.15) is 0 Å². The second-order valence-electron chi connectivity index (χ2n) is 5.35. The van der Waals surface area contributed by atoms with Gasteiger partial charge in [-0.05, 0) is 42.9 Å². The molecule has 4 nitrogen and oxygen atoms in total. The first-order chi connectivity index (χ1) is 10.3. The second-order valence-corrected chi connectivity index (χ2v) is 6.27. The third kappa shape index (κ3) is 8.33. The van der Waals surface area contributed by atoms with Gasteiger partial charge < -0.3 is 15.4 Å². The van der Waals surface area contributed by atoms with Crippen molar-refractivity contribution >= 4 is 45.9 Å². The molecule has 0 amide bonds. The average Bonchev–Trinajstić information content (AvgIpc) is 3.30. The maximum Gasteiger partial charge on any atom is 0.191 e. The number of rotatable bonds is 8. The van der Waals surface area contributed by atoms with Gasteiger partial charge in [-0.1, -0.05) is 28.1 Å². The SMILES string of the molecule is CN=C(NCCCOCC1CC1)NCc1cccc(Br)c1.I. The van der Waals surface area contributed by atoms with Crippen molar-refractivity contribution in [3.05, 3.63) is 34.3 Å². The van der Waals surface area contributed by atoms with E-state index in [1.807, 2.05) is 12.1 Å². The Morgan fingerprint density at radius 1 is 1.36 bits per heavy atom. The van der Waals surface area contributed by atoms with Crippen LogP contribution in [0.2, 0.25) is 0 Å². The Morgan fingerprint density at radius 3 is 2.86 bits per heavy atom. The smallest absolute Gasteiger partial charge is 0.191 e. The van der Waals surface area contributed by atoms with E-state index in [4.69, 9.17) is 4.74 Å². The summed E-state index contributed by atoms with van der Waals surface area (Å²) < 4.78 is 6.70. The summed E-state index contributed by atoms with van der Waals surface area (Å²) >= 11 is 3.48. The maximum atomic E-state index is 5.61. The normalized spacial score (nSPS) is 14.4. The Morgan fingerprint density at radius 2 is 2.18 bits per heavy atom. The molecule has 0 heterocycles. The highest BCUT2D eigenvalue weighted by Gasteiger charge is 2.20. The van der Waals surface area contributed by atoms with Crippen LogP contribution in [0.5, 0.6) is 0 Å². The molecule has 124 valence electrons. The molecule has 0 bridgehead atoms. The van der Waals surface area contributed by atoms with E-state index in [0.717, 1.165) is 49.1 Å². The van der Waals surface area contributed by atoms with Crippen molar-refractivity contribution in [2.24, 2.45) is 10.9 Å². The highest BCUT2D eigenvalue weighted by molar-refractivity contribution is 14.0. The molecule has 0 radical (unpaired) electrons. The zero-order chi connectivity index (χ0) is 14.9. The topological polar surface area (TPSA) is 45.7 Å². The van der Waals surface area contributed by atoms with E-state index in [1.54, 1.807) is 7.05 Å². The molecule has 0 atom stereocenters. The Balaban J connectivity index is 0.00000242. The zero-order valence-corrected chi connectivity index (χ0v) is 16.9. The van der Waals surface area contributed by atoms with E-state index in [-0.39, 0.29) is 24.0 Å². The third-order valence-electron chi connectivity index (χ3n) is 3.38. The molecule has 1 fully saturated rings. The quantitative estimate of drug-likeness (QED) is 0.258. The van der Waals surface area contributed by atoms with Gasteiger partial charge in [0.2, 0.25) is 0 Å². The van der Waals surface area contributed by atoms with Gasteiger partial charge in [-0.25, -0.2) is 0 Å². The van der Waals surface area contributed by atoms with E-state index in [1.165, 1.54) is 18.4 Å². The molecule has 1 aliphatic rings. The van der Waals surface area contributed by atoms with Crippen LogP contribution < -0.4 is 10.6 Å². The Bertz CT molecular complexity index is 466. The number of nitrogens with one attached hydrogen (secondary N) is 2. The minimum absolute atomic E-state index is 0. The summed E-state index contributed by atoms with van der Waals surface area (Å²) in [6.45, 7) is 3.40. The van der Waals surface area contributed by atoms with Crippen molar-refractivity contribution in [1.82, 2.24) is 10.6 Å². The van der Waals surface area contributed by atoms with Crippen LogP contribution >= 0.6 is 39.9 Å². The molecule has 1 aromatic rings. The van der Waals surface area contributed by atoms with E-state index in [0.29, 0.717) is 0 Å². The maximum absolute atomic E-state index is 5.61. The highest BCUT2D eigenvalue weighted by Crippen LogP contribution is 2.28. The number of hydrogen-bond acceptors (Lipinski definition) is 2. The molecule has 22 heavy (non-hydrogen) atoms. The standard InChI is InChI=1S/C16H24BrN3O.HI/c1-18-16(19-8-3-9-21-12-13-6-7-13)20-11-14-4-2-5-15(17)10-14;/h2,4-5,10,13H,3,6-9,11-12H2,1H3,(H2,18,19,20);1H. The first-order valence-corrected chi connectivity index (χ1v) is 8.34. The monoisotopic (exact) mass is 481 g/mol. The molecule has 2 N–H and O–H groups in total. The molecule has 0 aliphatic heterocycles. The van der Waals surface area contributed by atoms with E-state index in [9.17, 15) is 0 Å². The van der Waals surface area contributed by atoms with Gasteiger partial charge >= 0.3 is 0 Å². The molecule has 6 heteroatoms. The Hall–Kier alpha value is -0.340. The summed E-state index contributed by atoms with van der Waals surface area (Å²) in [7, 11) is 1.79. The lowest BCUT2D eigenvalue weighted by Gasteiger charge is -2.12. The molecule has 0 aromatic heterocycles. The molecule has 1 saturated carbocycles. The fourth-order valence-corrected chi connectivity index (χ4v) is 2.42. The van der Waals surface area contributed by atoms with Gasteiger partial charge in [0.25, 0.3) is 0 Å². The van der Waals surface area contributed by atoms with Crippen molar-refractivity contribution in [2.75, 3.05) is 26.8 Å². The molecule has 0 unspecified atom stereocenters. The molecule has 1 aromatic carbocycles.